The van der Waals surface area contributed by atoms with E-state index in [2.05, 4.69) is 12.0 Å². The smallest absolute Gasteiger partial charge is 0.252 e. The van der Waals surface area contributed by atoms with E-state index in [1.165, 1.54) is 12.8 Å². The third-order valence-corrected chi connectivity index (χ3v) is 3.54. The molecule has 1 heterocycles. The Hall–Kier alpha value is -1.32. The molecule has 4 heteroatoms. The van der Waals surface area contributed by atoms with Gasteiger partial charge in [-0.05, 0) is 38.5 Å². The minimum atomic E-state index is -0.382. The molecule has 1 aromatic rings. The number of aromatic nitrogens is 2. The molecule has 16 heavy (non-hydrogen) atoms. The van der Waals surface area contributed by atoms with Crippen molar-refractivity contribution in [1.82, 2.24) is 9.78 Å². The number of hydrogen-bond acceptors (Lipinski definition) is 2. The number of nitrogens with zero attached hydrogens (tertiary/aromatic N) is 2. The molecule has 0 saturated heterocycles. The molecule has 1 aliphatic carbocycles. The molecular weight excluding hydrogens is 202 g/mol. The first-order valence-corrected chi connectivity index (χ1v) is 5.93. The fourth-order valence-electron chi connectivity index (χ4n) is 2.42. The SMILES string of the molecule is Cc1nn(C2CCC(C)CC2)cc1C(N)=O. The molecule has 1 saturated carbocycles. The molecule has 4 nitrogen and oxygen atoms in total. The van der Waals surface area contributed by atoms with Crippen molar-refractivity contribution in [3.63, 3.8) is 0 Å². The first-order valence-electron chi connectivity index (χ1n) is 5.93. The summed E-state index contributed by atoms with van der Waals surface area (Å²) in [5.41, 5.74) is 6.58. The van der Waals surface area contributed by atoms with Gasteiger partial charge in [0.1, 0.15) is 0 Å². The van der Waals surface area contributed by atoms with E-state index in [9.17, 15) is 4.79 Å². The van der Waals surface area contributed by atoms with Crippen LogP contribution in [-0.2, 0) is 0 Å². The van der Waals surface area contributed by atoms with Gasteiger partial charge in [0.25, 0.3) is 5.91 Å². The van der Waals surface area contributed by atoms with E-state index in [1.54, 1.807) is 6.20 Å². The zero-order valence-corrected chi connectivity index (χ0v) is 9.94. The van der Waals surface area contributed by atoms with E-state index in [0.717, 1.165) is 24.5 Å². The van der Waals surface area contributed by atoms with Crippen LogP contribution in [0.5, 0.6) is 0 Å². The Morgan fingerprint density at radius 3 is 2.56 bits per heavy atom. The molecule has 1 amide bonds. The van der Waals surface area contributed by atoms with Crippen LogP contribution in [0.15, 0.2) is 6.20 Å². The van der Waals surface area contributed by atoms with Crippen molar-refractivity contribution in [3.8, 4) is 0 Å². The van der Waals surface area contributed by atoms with Crippen LogP contribution >= 0.6 is 0 Å². The zero-order valence-electron chi connectivity index (χ0n) is 9.94. The summed E-state index contributed by atoms with van der Waals surface area (Å²) < 4.78 is 1.93. The Morgan fingerprint density at radius 2 is 2.06 bits per heavy atom. The molecule has 88 valence electrons. The van der Waals surface area contributed by atoms with Gasteiger partial charge in [0.2, 0.25) is 0 Å². The molecule has 0 atom stereocenters. The van der Waals surface area contributed by atoms with Crippen LogP contribution in [-0.4, -0.2) is 15.7 Å². The maximum absolute atomic E-state index is 11.1. The highest BCUT2D eigenvalue weighted by Crippen LogP contribution is 2.31. The third-order valence-electron chi connectivity index (χ3n) is 3.54. The number of carbonyl (C=O) groups is 1. The highest BCUT2D eigenvalue weighted by Gasteiger charge is 2.21. The van der Waals surface area contributed by atoms with E-state index in [4.69, 9.17) is 5.73 Å². The van der Waals surface area contributed by atoms with E-state index in [1.807, 2.05) is 11.6 Å². The molecule has 0 aromatic carbocycles. The average molecular weight is 221 g/mol. The van der Waals surface area contributed by atoms with Crippen LogP contribution in [0.1, 0.15) is 54.7 Å². The lowest BCUT2D eigenvalue weighted by Gasteiger charge is -2.26. The van der Waals surface area contributed by atoms with Crippen LogP contribution in [0.3, 0.4) is 0 Å². The van der Waals surface area contributed by atoms with Gasteiger partial charge in [-0.2, -0.15) is 5.10 Å². The number of nitrogens with two attached hydrogens (primary N) is 1. The second-order valence-corrected chi connectivity index (χ2v) is 4.89. The normalized spacial score (nSPS) is 25.6. The number of hydrogen-bond donors (Lipinski definition) is 1. The third kappa shape index (κ3) is 2.10. The average Bonchev–Trinajstić information content (AvgIpc) is 2.61. The van der Waals surface area contributed by atoms with E-state index < -0.39 is 0 Å². The van der Waals surface area contributed by atoms with Gasteiger partial charge in [-0.1, -0.05) is 6.92 Å². The maximum Gasteiger partial charge on any atom is 0.252 e. The van der Waals surface area contributed by atoms with Gasteiger partial charge in [-0.3, -0.25) is 9.48 Å². The second-order valence-electron chi connectivity index (χ2n) is 4.89. The Kier molecular flexibility index (Phi) is 2.99. The minimum Gasteiger partial charge on any atom is -0.365 e. The van der Waals surface area contributed by atoms with Gasteiger partial charge in [0.15, 0.2) is 0 Å². The van der Waals surface area contributed by atoms with Crippen molar-refractivity contribution in [1.29, 1.82) is 0 Å². The molecule has 2 N–H and O–H groups in total. The zero-order chi connectivity index (χ0) is 11.7. The van der Waals surface area contributed by atoms with E-state index >= 15 is 0 Å². The standard InChI is InChI=1S/C12H19N3O/c1-8-3-5-10(6-4-8)15-7-11(12(13)16)9(2)14-15/h7-8,10H,3-6H2,1-2H3,(H2,13,16). The highest BCUT2D eigenvalue weighted by molar-refractivity contribution is 5.93. The summed E-state index contributed by atoms with van der Waals surface area (Å²) in [6.07, 6.45) is 6.60. The van der Waals surface area contributed by atoms with Crippen molar-refractivity contribution in [2.24, 2.45) is 11.7 Å². The molecule has 1 aromatic heterocycles. The summed E-state index contributed by atoms with van der Waals surface area (Å²) in [5.74, 6) is 0.441. The number of aryl methyl sites for hydroxylation is 1. The van der Waals surface area contributed by atoms with Crippen LogP contribution < -0.4 is 5.73 Å². The molecule has 0 spiro atoms. The summed E-state index contributed by atoms with van der Waals surface area (Å²) in [6, 6.07) is 0.447. The molecule has 2 rings (SSSR count). The van der Waals surface area contributed by atoms with Crippen molar-refractivity contribution in [2.45, 2.75) is 45.6 Å². The number of rotatable bonds is 2. The number of primary amides is 1. The largest absolute Gasteiger partial charge is 0.365 e. The molecule has 0 bridgehead atoms. The monoisotopic (exact) mass is 221 g/mol. The molecule has 0 unspecified atom stereocenters. The van der Waals surface area contributed by atoms with Crippen molar-refractivity contribution in [2.75, 3.05) is 0 Å². The minimum absolute atomic E-state index is 0.382. The first kappa shape index (κ1) is 11.2. The molecule has 1 aliphatic rings. The summed E-state index contributed by atoms with van der Waals surface area (Å²) in [5, 5.41) is 4.40. The quantitative estimate of drug-likeness (QED) is 0.830. The lowest BCUT2D eigenvalue weighted by atomic mass is 9.87. The van der Waals surface area contributed by atoms with Gasteiger partial charge in [0, 0.05) is 6.20 Å². The lowest BCUT2D eigenvalue weighted by molar-refractivity contribution is 0.0999. The fourth-order valence-corrected chi connectivity index (χ4v) is 2.42. The van der Waals surface area contributed by atoms with Gasteiger partial charge in [-0.15, -0.1) is 0 Å². The van der Waals surface area contributed by atoms with E-state index in [-0.39, 0.29) is 5.91 Å². The summed E-state index contributed by atoms with van der Waals surface area (Å²) in [4.78, 5) is 11.1. The number of carbonyl (C=O) groups excluding carboxylic acids is 1. The lowest BCUT2D eigenvalue weighted by Crippen LogP contribution is -2.17. The second kappa shape index (κ2) is 4.28. The Balaban J connectivity index is 2.15. The molecule has 0 aliphatic heterocycles. The molecule has 0 radical (unpaired) electrons. The fraction of sp³-hybridized carbons (Fsp3) is 0.667. The van der Waals surface area contributed by atoms with Crippen molar-refractivity contribution < 1.29 is 4.79 Å². The van der Waals surface area contributed by atoms with Crippen molar-refractivity contribution >= 4 is 5.91 Å². The summed E-state index contributed by atoms with van der Waals surface area (Å²) in [7, 11) is 0. The van der Waals surface area contributed by atoms with Crippen LogP contribution in [0.2, 0.25) is 0 Å². The number of amides is 1. The Bertz CT molecular complexity index is 389. The highest BCUT2D eigenvalue weighted by atomic mass is 16.1. The summed E-state index contributed by atoms with van der Waals surface area (Å²) >= 11 is 0. The molecular formula is C12H19N3O. The topological polar surface area (TPSA) is 60.9 Å². The first-order chi connectivity index (χ1) is 7.58. The maximum atomic E-state index is 11.1. The van der Waals surface area contributed by atoms with Gasteiger partial charge < -0.3 is 5.73 Å². The van der Waals surface area contributed by atoms with Crippen LogP contribution in [0.4, 0.5) is 0 Å². The van der Waals surface area contributed by atoms with E-state index in [0.29, 0.717) is 11.6 Å². The van der Waals surface area contributed by atoms with Gasteiger partial charge >= 0.3 is 0 Å². The Labute approximate surface area is 95.8 Å². The predicted molar refractivity (Wildman–Crippen MR) is 62.2 cm³/mol. The van der Waals surface area contributed by atoms with Gasteiger partial charge in [0.05, 0.1) is 17.3 Å². The van der Waals surface area contributed by atoms with Crippen LogP contribution in [0.25, 0.3) is 0 Å². The van der Waals surface area contributed by atoms with Gasteiger partial charge in [-0.25, -0.2) is 0 Å². The molecule has 1 fully saturated rings. The van der Waals surface area contributed by atoms with Crippen LogP contribution in [0, 0.1) is 12.8 Å². The summed E-state index contributed by atoms with van der Waals surface area (Å²) in [6.45, 7) is 4.13. The Morgan fingerprint density at radius 1 is 1.44 bits per heavy atom. The van der Waals surface area contributed by atoms with Crippen molar-refractivity contribution in [3.05, 3.63) is 17.5 Å². The predicted octanol–water partition coefficient (Wildman–Crippen LogP) is 2.04.